The monoisotopic (exact) mass is 390 g/mol. The Bertz CT molecular complexity index is 679. The smallest absolute Gasteiger partial charge is 0.0408 e. The second-order valence-electron chi connectivity index (χ2n) is 6.72. The Morgan fingerprint density at radius 2 is 2.00 bits per heavy atom. The molecule has 122 valence electrons. The quantitative estimate of drug-likeness (QED) is 0.510. The van der Waals surface area contributed by atoms with Gasteiger partial charge in [-0.1, -0.05) is 64.8 Å². The zero-order valence-electron chi connectivity index (χ0n) is 13.7. The number of hydrogen-bond acceptors (Lipinski definition) is 0. The van der Waals surface area contributed by atoms with E-state index in [-0.39, 0.29) is 5.41 Å². The van der Waals surface area contributed by atoms with Crippen molar-refractivity contribution < 1.29 is 0 Å². The minimum absolute atomic E-state index is 0.264. The molecule has 0 fully saturated rings. The third kappa shape index (κ3) is 3.67. The summed E-state index contributed by atoms with van der Waals surface area (Å²) in [5.74, 6) is 0. The summed E-state index contributed by atoms with van der Waals surface area (Å²) in [5.41, 5.74) is 6.22. The van der Waals surface area contributed by atoms with Crippen molar-refractivity contribution in [3.8, 4) is 0 Å². The number of halogens is 2. The molecule has 0 aromatic heterocycles. The van der Waals surface area contributed by atoms with E-state index < -0.39 is 0 Å². The van der Waals surface area contributed by atoms with Gasteiger partial charge in [-0.05, 0) is 78.3 Å². The van der Waals surface area contributed by atoms with Gasteiger partial charge in [0.2, 0.25) is 0 Å². The SMILES string of the molecule is CCC1(Cc2cccc(Cl)c2)CCCc2ccc(CCBr)cc21. The summed E-state index contributed by atoms with van der Waals surface area (Å²) in [6.07, 6.45) is 7.17. The molecule has 0 saturated carbocycles. The molecule has 0 saturated heterocycles. The van der Waals surface area contributed by atoms with Gasteiger partial charge in [0.05, 0.1) is 0 Å². The van der Waals surface area contributed by atoms with Crippen LogP contribution in [0, 0.1) is 0 Å². The summed E-state index contributed by atoms with van der Waals surface area (Å²) >= 11 is 9.79. The fraction of sp³-hybridized carbons (Fsp3) is 0.429. The van der Waals surface area contributed by atoms with E-state index in [1.165, 1.54) is 36.8 Å². The highest BCUT2D eigenvalue weighted by atomic mass is 79.9. The zero-order valence-corrected chi connectivity index (χ0v) is 16.1. The van der Waals surface area contributed by atoms with Gasteiger partial charge in [0, 0.05) is 10.4 Å². The minimum atomic E-state index is 0.264. The van der Waals surface area contributed by atoms with Crippen LogP contribution in [0.2, 0.25) is 5.02 Å². The summed E-state index contributed by atoms with van der Waals surface area (Å²) in [7, 11) is 0. The second kappa shape index (κ2) is 7.40. The maximum absolute atomic E-state index is 6.21. The first-order chi connectivity index (χ1) is 11.2. The van der Waals surface area contributed by atoms with Crippen molar-refractivity contribution in [1.29, 1.82) is 0 Å². The summed E-state index contributed by atoms with van der Waals surface area (Å²) < 4.78 is 0. The average molecular weight is 392 g/mol. The van der Waals surface area contributed by atoms with Crippen LogP contribution in [-0.4, -0.2) is 5.33 Å². The maximum atomic E-state index is 6.21. The summed E-state index contributed by atoms with van der Waals surface area (Å²) in [6, 6.07) is 15.6. The molecule has 0 N–H and O–H groups in total. The molecule has 0 spiro atoms. The average Bonchev–Trinajstić information content (AvgIpc) is 2.56. The lowest BCUT2D eigenvalue weighted by atomic mass is 9.65. The number of rotatable bonds is 5. The molecule has 0 amide bonds. The van der Waals surface area contributed by atoms with Crippen LogP contribution in [0.5, 0.6) is 0 Å². The largest absolute Gasteiger partial charge is 0.0924 e. The molecule has 3 rings (SSSR count). The number of benzene rings is 2. The Balaban J connectivity index is 2.01. The highest BCUT2D eigenvalue weighted by Crippen LogP contribution is 2.43. The molecule has 0 nitrogen and oxygen atoms in total. The van der Waals surface area contributed by atoms with Gasteiger partial charge >= 0.3 is 0 Å². The summed E-state index contributed by atoms with van der Waals surface area (Å²) in [4.78, 5) is 0. The number of aryl methyl sites for hydroxylation is 2. The van der Waals surface area contributed by atoms with E-state index >= 15 is 0 Å². The topological polar surface area (TPSA) is 0 Å². The molecule has 0 heterocycles. The predicted octanol–water partition coefficient (Wildman–Crippen LogP) is 6.50. The molecule has 0 aliphatic heterocycles. The van der Waals surface area contributed by atoms with Crippen LogP contribution in [0.25, 0.3) is 0 Å². The van der Waals surface area contributed by atoms with E-state index in [2.05, 4.69) is 59.3 Å². The van der Waals surface area contributed by atoms with E-state index in [0.29, 0.717) is 0 Å². The molecule has 0 bridgehead atoms. The molecule has 2 heteroatoms. The van der Waals surface area contributed by atoms with Gasteiger partial charge in [0.1, 0.15) is 0 Å². The van der Waals surface area contributed by atoms with E-state index in [9.17, 15) is 0 Å². The molecule has 1 aliphatic rings. The standard InChI is InChI=1S/C21H24BrCl/c1-2-21(15-17-5-3-7-19(23)13-17)11-4-6-18-9-8-16(10-12-22)14-20(18)21/h3,5,7-9,13-14H,2,4,6,10-12,15H2,1H3. The van der Waals surface area contributed by atoms with E-state index in [1.807, 2.05) is 6.07 Å². The van der Waals surface area contributed by atoms with Gasteiger partial charge in [-0.2, -0.15) is 0 Å². The fourth-order valence-electron chi connectivity index (χ4n) is 4.07. The highest BCUT2D eigenvalue weighted by molar-refractivity contribution is 9.09. The van der Waals surface area contributed by atoms with Gasteiger partial charge in [-0.3, -0.25) is 0 Å². The highest BCUT2D eigenvalue weighted by Gasteiger charge is 2.35. The third-order valence-electron chi connectivity index (χ3n) is 5.34. The van der Waals surface area contributed by atoms with E-state index in [4.69, 9.17) is 11.6 Å². The first-order valence-corrected chi connectivity index (χ1v) is 10.1. The van der Waals surface area contributed by atoms with Crippen LogP contribution >= 0.6 is 27.5 Å². The Morgan fingerprint density at radius 1 is 1.13 bits per heavy atom. The predicted molar refractivity (Wildman–Crippen MR) is 104 cm³/mol. The van der Waals surface area contributed by atoms with Crippen LogP contribution < -0.4 is 0 Å². The molecular weight excluding hydrogens is 368 g/mol. The third-order valence-corrected chi connectivity index (χ3v) is 5.97. The molecule has 2 aromatic carbocycles. The summed E-state index contributed by atoms with van der Waals surface area (Å²) in [5, 5.41) is 1.87. The first-order valence-electron chi connectivity index (χ1n) is 8.59. The van der Waals surface area contributed by atoms with Gasteiger partial charge in [0.15, 0.2) is 0 Å². The molecule has 0 radical (unpaired) electrons. The fourth-order valence-corrected chi connectivity index (χ4v) is 4.74. The number of fused-ring (bicyclic) bond motifs is 1. The molecule has 2 aromatic rings. The van der Waals surface area contributed by atoms with Gasteiger partial charge in [-0.25, -0.2) is 0 Å². The molecule has 1 atom stereocenters. The molecule has 23 heavy (non-hydrogen) atoms. The Kier molecular flexibility index (Phi) is 5.49. The van der Waals surface area contributed by atoms with Crippen molar-refractivity contribution >= 4 is 27.5 Å². The van der Waals surface area contributed by atoms with Crippen molar-refractivity contribution in [3.63, 3.8) is 0 Å². The molecule has 1 aliphatic carbocycles. The van der Waals surface area contributed by atoms with Crippen molar-refractivity contribution in [2.24, 2.45) is 0 Å². The van der Waals surface area contributed by atoms with E-state index in [1.54, 1.807) is 11.1 Å². The first kappa shape index (κ1) is 17.0. The zero-order chi connectivity index (χ0) is 16.3. The van der Waals surface area contributed by atoms with Crippen LogP contribution in [0.3, 0.4) is 0 Å². The van der Waals surface area contributed by atoms with E-state index in [0.717, 1.165) is 23.2 Å². The van der Waals surface area contributed by atoms with Gasteiger partial charge < -0.3 is 0 Å². The Hall–Kier alpha value is -0.790. The van der Waals surface area contributed by atoms with Crippen LogP contribution in [0.4, 0.5) is 0 Å². The van der Waals surface area contributed by atoms with Crippen LogP contribution in [0.15, 0.2) is 42.5 Å². The molecular formula is C21H24BrCl. The maximum Gasteiger partial charge on any atom is 0.0408 e. The van der Waals surface area contributed by atoms with Crippen molar-refractivity contribution in [2.75, 3.05) is 5.33 Å². The molecule has 1 unspecified atom stereocenters. The van der Waals surface area contributed by atoms with Gasteiger partial charge in [0.25, 0.3) is 0 Å². The number of alkyl halides is 1. The van der Waals surface area contributed by atoms with Crippen molar-refractivity contribution in [1.82, 2.24) is 0 Å². The second-order valence-corrected chi connectivity index (χ2v) is 7.95. The lowest BCUT2D eigenvalue weighted by Gasteiger charge is -2.39. The lowest BCUT2D eigenvalue weighted by molar-refractivity contribution is 0.344. The number of hydrogen-bond donors (Lipinski definition) is 0. The van der Waals surface area contributed by atoms with Crippen LogP contribution in [0.1, 0.15) is 48.4 Å². The minimum Gasteiger partial charge on any atom is -0.0924 e. The Labute approximate surface area is 153 Å². The normalized spacial score (nSPS) is 20.3. The lowest BCUT2D eigenvalue weighted by Crippen LogP contribution is -2.33. The van der Waals surface area contributed by atoms with Gasteiger partial charge in [-0.15, -0.1) is 0 Å². The van der Waals surface area contributed by atoms with Crippen molar-refractivity contribution in [2.45, 2.75) is 50.9 Å². The summed E-state index contributed by atoms with van der Waals surface area (Å²) in [6.45, 7) is 2.34. The Morgan fingerprint density at radius 3 is 2.74 bits per heavy atom. The van der Waals surface area contributed by atoms with Crippen LogP contribution in [-0.2, 0) is 24.7 Å². The van der Waals surface area contributed by atoms with Crippen molar-refractivity contribution in [3.05, 3.63) is 69.7 Å².